The van der Waals surface area contributed by atoms with E-state index in [1.54, 1.807) is 0 Å². The Bertz CT molecular complexity index is 535. The molecule has 0 amide bonds. The molecule has 2 N–H and O–H groups in total. The minimum atomic E-state index is -0.847. The summed E-state index contributed by atoms with van der Waals surface area (Å²) in [6.45, 7) is 2.37. The lowest BCUT2D eigenvalue weighted by atomic mass is 9.97. The number of hydrogen-bond donors (Lipinski definition) is 2. The van der Waals surface area contributed by atoms with E-state index >= 15 is 0 Å². The van der Waals surface area contributed by atoms with Crippen molar-refractivity contribution < 1.29 is 9.90 Å². The molecule has 2 saturated heterocycles. The van der Waals surface area contributed by atoms with Crippen molar-refractivity contribution in [2.45, 2.75) is 42.7 Å². The normalized spacial score (nSPS) is 25.6. The van der Waals surface area contributed by atoms with Gasteiger partial charge in [0.2, 0.25) is 0 Å². The van der Waals surface area contributed by atoms with Gasteiger partial charge in [-0.3, -0.25) is 0 Å². The second-order valence-electron chi connectivity index (χ2n) is 5.89. The van der Waals surface area contributed by atoms with Crippen LogP contribution in [0.1, 0.15) is 36.0 Å². The highest BCUT2D eigenvalue weighted by Crippen LogP contribution is 2.31. The van der Waals surface area contributed by atoms with Crippen molar-refractivity contribution in [1.29, 1.82) is 0 Å². The van der Waals surface area contributed by atoms with Gasteiger partial charge in [0.05, 0.1) is 11.3 Å². The summed E-state index contributed by atoms with van der Waals surface area (Å²) >= 11 is 1.49. The fraction of sp³-hybridized carbons (Fsp3) is 0.562. The van der Waals surface area contributed by atoms with Crippen molar-refractivity contribution in [3.63, 3.8) is 0 Å². The van der Waals surface area contributed by atoms with E-state index in [2.05, 4.69) is 10.2 Å². The summed E-state index contributed by atoms with van der Waals surface area (Å²) in [5.41, 5.74) is 1.18. The van der Waals surface area contributed by atoms with E-state index < -0.39 is 5.97 Å². The predicted octanol–water partition coefficient (Wildman–Crippen LogP) is 3.15. The standard InChI is InChI=1S/C16H22N2O2S/c1-21-14-6-2-5-13(15(14)16(19)20)17-11-7-9-18-8-3-4-12(18)10-11/h2,5-6,11-12,17H,3-4,7-10H2,1H3,(H,19,20). The first-order chi connectivity index (χ1) is 10.2. The number of carboxylic acid groups (broad SMARTS) is 1. The van der Waals surface area contributed by atoms with E-state index in [0.29, 0.717) is 17.6 Å². The molecule has 114 valence electrons. The van der Waals surface area contributed by atoms with E-state index in [-0.39, 0.29) is 0 Å². The Kier molecular flexibility index (Phi) is 4.40. The van der Waals surface area contributed by atoms with Crippen LogP contribution in [0, 0.1) is 0 Å². The second kappa shape index (κ2) is 6.28. The van der Waals surface area contributed by atoms with Crippen LogP contribution in [-0.2, 0) is 0 Å². The number of fused-ring (bicyclic) bond motifs is 1. The van der Waals surface area contributed by atoms with Gasteiger partial charge in [0.1, 0.15) is 0 Å². The van der Waals surface area contributed by atoms with Crippen LogP contribution in [0.3, 0.4) is 0 Å². The Hall–Kier alpha value is -1.20. The summed E-state index contributed by atoms with van der Waals surface area (Å²) < 4.78 is 0. The van der Waals surface area contributed by atoms with Crippen molar-refractivity contribution in [3.05, 3.63) is 23.8 Å². The van der Waals surface area contributed by atoms with Gasteiger partial charge in [-0.2, -0.15) is 0 Å². The van der Waals surface area contributed by atoms with Crippen molar-refractivity contribution in [2.24, 2.45) is 0 Å². The number of hydrogen-bond acceptors (Lipinski definition) is 4. The Labute approximate surface area is 129 Å². The molecule has 1 aromatic rings. The van der Waals surface area contributed by atoms with Crippen LogP contribution < -0.4 is 5.32 Å². The lowest BCUT2D eigenvalue weighted by Gasteiger charge is -2.35. The van der Waals surface area contributed by atoms with E-state index in [0.717, 1.165) is 30.0 Å². The van der Waals surface area contributed by atoms with Gasteiger partial charge in [-0.15, -0.1) is 11.8 Å². The summed E-state index contributed by atoms with van der Waals surface area (Å²) in [7, 11) is 0. The molecule has 2 unspecified atom stereocenters. The van der Waals surface area contributed by atoms with Crippen LogP contribution >= 0.6 is 11.8 Å². The average molecular weight is 306 g/mol. The van der Waals surface area contributed by atoms with Gasteiger partial charge in [-0.1, -0.05) is 6.07 Å². The quantitative estimate of drug-likeness (QED) is 0.837. The van der Waals surface area contributed by atoms with Crippen molar-refractivity contribution in [2.75, 3.05) is 24.7 Å². The largest absolute Gasteiger partial charge is 0.478 e. The summed E-state index contributed by atoms with van der Waals surface area (Å²) in [6, 6.07) is 6.78. The number of carboxylic acids is 1. The van der Waals surface area contributed by atoms with E-state index in [9.17, 15) is 9.90 Å². The lowest BCUT2D eigenvalue weighted by molar-refractivity contribution is 0.0694. The zero-order valence-electron chi connectivity index (χ0n) is 12.3. The van der Waals surface area contributed by atoms with Crippen LogP contribution in [0.15, 0.2) is 23.1 Å². The zero-order valence-corrected chi connectivity index (χ0v) is 13.2. The van der Waals surface area contributed by atoms with Crippen LogP contribution in [0.4, 0.5) is 5.69 Å². The third-order valence-electron chi connectivity index (χ3n) is 4.64. The molecule has 0 bridgehead atoms. The molecule has 0 aromatic heterocycles. The molecule has 0 aliphatic carbocycles. The van der Waals surface area contributed by atoms with Gasteiger partial charge in [0.25, 0.3) is 0 Å². The SMILES string of the molecule is CSc1cccc(NC2CCN3CCCC3C2)c1C(=O)O. The lowest BCUT2D eigenvalue weighted by Crippen LogP contribution is -2.42. The molecule has 2 fully saturated rings. The van der Waals surface area contributed by atoms with Gasteiger partial charge in [-0.25, -0.2) is 4.79 Å². The van der Waals surface area contributed by atoms with Gasteiger partial charge < -0.3 is 15.3 Å². The number of rotatable bonds is 4. The van der Waals surface area contributed by atoms with Gasteiger partial charge in [-0.05, 0) is 50.6 Å². The number of aromatic carboxylic acids is 1. The van der Waals surface area contributed by atoms with Crippen LogP contribution in [0.5, 0.6) is 0 Å². The number of nitrogens with zero attached hydrogens (tertiary/aromatic N) is 1. The maximum absolute atomic E-state index is 11.6. The third kappa shape index (κ3) is 3.04. The number of carbonyl (C=O) groups is 1. The molecule has 0 radical (unpaired) electrons. The molecule has 21 heavy (non-hydrogen) atoms. The molecule has 2 atom stereocenters. The minimum Gasteiger partial charge on any atom is -0.478 e. The zero-order chi connectivity index (χ0) is 14.8. The molecule has 2 heterocycles. The second-order valence-corrected chi connectivity index (χ2v) is 6.73. The van der Waals surface area contributed by atoms with E-state index in [4.69, 9.17) is 0 Å². The van der Waals surface area contributed by atoms with Crippen LogP contribution in [0.25, 0.3) is 0 Å². The molecular weight excluding hydrogens is 284 g/mol. The highest BCUT2D eigenvalue weighted by molar-refractivity contribution is 7.98. The monoisotopic (exact) mass is 306 g/mol. The first kappa shape index (κ1) is 14.7. The average Bonchev–Trinajstić information content (AvgIpc) is 2.94. The Morgan fingerprint density at radius 2 is 2.24 bits per heavy atom. The topological polar surface area (TPSA) is 52.6 Å². The Balaban J connectivity index is 1.77. The van der Waals surface area contributed by atoms with Crippen LogP contribution in [-0.4, -0.2) is 47.4 Å². The van der Waals surface area contributed by atoms with Gasteiger partial charge in [0.15, 0.2) is 0 Å². The van der Waals surface area contributed by atoms with Crippen molar-refractivity contribution in [3.8, 4) is 0 Å². The van der Waals surface area contributed by atoms with Crippen LogP contribution in [0.2, 0.25) is 0 Å². The fourth-order valence-electron chi connectivity index (χ4n) is 3.62. The number of anilines is 1. The smallest absolute Gasteiger partial charge is 0.338 e. The third-order valence-corrected chi connectivity index (χ3v) is 5.42. The molecule has 2 aliphatic heterocycles. The number of thioether (sulfide) groups is 1. The summed E-state index contributed by atoms with van der Waals surface area (Å²) in [5, 5.41) is 13.0. The fourth-order valence-corrected chi connectivity index (χ4v) is 4.23. The number of piperidine rings is 1. The molecule has 0 spiro atoms. The van der Waals surface area contributed by atoms with Crippen molar-refractivity contribution >= 4 is 23.4 Å². The van der Waals surface area contributed by atoms with Gasteiger partial charge in [0, 0.05) is 23.5 Å². The first-order valence-corrected chi connectivity index (χ1v) is 8.82. The molecule has 0 saturated carbocycles. The summed E-state index contributed by atoms with van der Waals surface area (Å²) in [5.74, 6) is -0.847. The molecule has 4 nitrogen and oxygen atoms in total. The highest BCUT2D eigenvalue weighted by atomic mass is 32.2. The predicted molar refractivity (Wildman–Crippen MR) is 86.4 cm³/mol. The van der Waals surface area contributed by atoms with E-state index in [1.807, 2.05) is 24.5 Å². The van der Waals surface area contributed by atoms with E-state index in [1.165, 1.54) is 31.1 Å². The summed E-state index contributed by atoms with van der Waals surface area (Å²) in [4.78, 5) is 15.0. The first-order valence-electron chi connectivity index (χ1n) is 7.60. The maximum Gasteiger partial charge on any atom is 0.338 e. The highest BCUT2D eigenvalue weighted by Gasteiger charge is 2.32. The Morgan fingerprint density at radius 1 is 1.38 bits per heavy atom. The Morgan fingerprint density at radius 3 is 3.00 bits per heavy atom. The molecule has 1 aromatic carbocycles. The number of benzene rings is 1. The molecular formula is C16H22N2O2S. The number of nitrogens with one attached hydrogen (secondary N) is 1. The maximum atomic E-state index is 11.6. The minimum absolute atomic E-state index is 0.388. The summed E-state index contributed by atoms with van der Waals surface area (Å²) in [6.07, 6.45) is 6.73. The molecule has 5 heteroatoms. The van der Waals surface area contributed by atoms with Gasteiger partial charge >= 0.3 is 5.97 Å². The molecule has 3 rings (SSSR count). The van der Waals surface area contributed by atoms with Crippen molar-refractivity contribution in [1.82, 2.24) is 4.90 Å². The molecule has 2 aliphatic rings.